The van der Waals surface area contributed by atoms with Crippen LogP contribution in [0.2, 0.25) is 0 Å². The number of pyridine rings is 1. The van der Waals surface area contributed by atoms with Crippen LogP contribution in [0.5, 0.6) is 0 Å². The molecular formula is C16H20FN3. The van der Waals surface area contributed by atoms with Crippen molar-refractivity contribution in [1.29, 1.82) is 0 Å². The molecule has 1 heterocycles. The van der Waals surface area contributed by atoms with Crippen LogP contribution in [0.4, 0.5) is 4.39 Å². The van der Waals surface area contributed by atoms with E-state index >= 15 is 0 Å². The van der Waals surface area contributed by atoms with E-state index < -0.39 is 0 Å². The van der Waals surface area contributed by atoms with E-state index in [1.54, 1.807) is 18.3 Å². The van der Waals surface area contributed by atoms with E-state index in [-0.39, 0.29) is 11.9 Å². The Hall–Kier alpha value is -1.78. The second kappa shape index (κ2) is 7.12. The highest BCUT2D eigenvalue weighted by Crippen LogP contribution is 2.17. The Labute approximate surface area is 119 Å². The van der Waals surface area contributed by atoms with Gasteiger partial charge in [0.25, 0.3) is 0 Å². The van der Waals surface area contributed by atoms with Crippen molar-refractivity contribution in [3.05, 3.63) is 65.7 Å². The van der Waals surface area contributed by atoms with Crippen molar-refractivity contribution < 1.29 is 4.39 Å². The number of hydrogen-bond acceptors (Lipinski definition) is 3. The number of benzene rings is 1. The van der Waals surface area contributed by atoms with Crippen molar-refractivity contribution >= 4 is 0 Å². The quantitative estimate of drug-likeness (QED) is 0.880. The summed E-state index contributed by atoms with van der Waals surface area (Å²) in [5.41, 5.74) is 7.66. The number of aromatic nitrogens is 1. The van der Waals surface area contributed by atoms with Crippen LogP contribution in [0.3, 0.4) is 0 Å². The third kappa shape index (κ3) is 4.11. The molecule has 0 amide bonds. The Bertz CT molecular complexity index is 530. The van der Waals surface area contributed by atoms with E-state index in [0.29, 0.717) is 12.0 Å². The summed E-state index contributed by atoms with van der Waals surface area (Å²) in [5, 5.41) is 0. The van der Waals surface area contributed by atoms with Crippen LogP contribution in [-0.4, -0.2) is 23.5 Å². The van der Waals surface area contributed by atoms with Gasteiger partial charge in [-0.1, -0.05) is 24.3 Å². The van der Waals surface area contributed by atoms with E-state index in [9.17, 15) is 4.39 Å². The standard InChI is InChI=1S/C16H20FN3/c1-20(12-13-6-4-5-10-19-13)11-9-16(18)14-7-2-3-8-15(14)17/h2-8,10,16H,9,11-12,18H2,1H3. The molecule has 0 saturated carbocycles. The van der Waals surface area contributed by atoms with Crippen LogP contribution in [0, 0.1) is 5.82 Å². The van der Waals surface area contributed by atoms with Crippen molar-refractivity contribution in [2.45, 2.75) is 19.0 Å². The van der Waals surface area contributed by atoms with Gasteiger partial charge in [-0.3, -0.25) is 4.98 Å². The Kier molecular flexibility index (Phi) is 5.21. The third-order valence-corrected chi connectivity index (χ3v) is 3.28. The van der Waals surface area contributed by atoms with Gasteiger partial charge in [-0.15, -0.1) is 0 Å². The van der Waals surface area contributed by atoms with Gasteiger partial charge in [0.2, 0.25) is 0 Å². The molecule has 106 valence electrons. The summed E-state index contributed by atoms with van der Waals surface area (Å²) < 4.78 is 13.6. The lowest BCUT2D eigenvalue weighted by molar-refractivity contribution is 0.307. The second-order valence-electron chi connectivity index (χ2n) is 4.98. The highest BCUT2D eigenvalue weighted by Gasteiger charge is 2.11. The molecule has 0 radical (unpaired) electrons. The van der Waals surface area contributed by atoms with Gasteiger partial charge in [-0.25, -0.2) is 4.39 Å². The van der Waals surface area contributed by atoms with Gasteiger partial charge in [0.05, 0.1) is 5.69 Å². The maximum Gasteiger partial charge on any atom is 0.127 e. The fraction of sp³-hybridized carbons (Fsp3) is 0.312. The van der Waals surface area contributed by atoms with Gasteiger partial charge in [0.15, 0.2) is 0 Å². The van der Waals surface area contributed by atoms with Gasteiger partial charge in [-0.2, -0.15) is 0 Å². The van der Waals surface area contributed by atoms with Gasteiger partial charge >= 0.3 is 0 Å². The monoisotopic (exact) mass is 273 g/mol. The normalized spacial score (nSPS) is 12.6. The number of hydrogen-bond donors (Lipinski definition) is 1. The van der Waals surface area contributed by atoms with Crippen molar-refractivity contribution in [2.75, 3.05) is 13.6 Å². The Morgan fingerprint density at radius 2 is 1.95 bits per heavy atom. The molecule has 2 N–H and O–H groups in total. The van der Waals surface area contributed by atoms with Gasteiger partial charge in [-0.05, 0) is 31.7 Å². The molecule has 0 bridgehead atoms. The summed E-state index contributed by atoms with van der Waals surface area (Å²) in [7, 11) is 2.02. The SMILES string of the molecule is CN(CCC(N)c1ccccc1F)Cc1ccccn1. The molecule has 2 aromatic rings. The summed E-state index contributed by atoms with van der Waals surface area (Å²) in [6.07, 6.45) is 2.50. The summed E-state index contributed by atoms with van der Waals surface area (Å²) in [5.74, 6) is -0.229. The molecule has 0 saturated heterocycles. The lowest BCUT2D eigenvalue weighted by Crippen LogP contribution is -2.24. The maximum absolute atomic E-state index is 13.6. The molecule has 2 rings (SSSR count). The minimum absolute atomic E-state index is 0.229. The van der Waals surface area contributed by atoms with E-state index in [1.807, 2.05) is 31.3 Å². The number of halogens is 1. The van der Waals surface area contributed by atoms with Gasteiger partial charge < -0.3 is 10.6 Å². The minimum atomic E-state index is -0.276. The molecule has 1 aromatic heterocycles. The Balaban J connectivity index is 1.84. The Morgan fingerprint density at radius 1 is 1.20 bits per heavy atom. The number of nitrogens with zero attached hydrogens (tertiary/aromatic N) is 2. The summed E-state index contributed by atoms with van der Waals surface area (Å²) in [6, 6.07) is 12.3. The molecule has 0 spiro atoms. The van der Waals surface area contributed by atoms with Gasteiger partial charge in [0, 0.05) is 30.9 Å². The van der Waals surface area contributed by atoms with Crippen LogP contribution in [0.25, 0.3) is 0 Å². The fourth-order valence-electron chi connectivity index (χ4n) is 2.14. The zero-order chi connectivity index (χ0) is 14.4. The predicted molar refractivity (Wildman–Crippen MR) is 78.5 cm³/mol. The number of rotatable bonds is 6. The van der Waals surface area contributed by atoms with E-state index in [4.69, 9.17) is 5.73 Å². The third-order valence-electron chi connectivity index (χ3n) is 3.28. The largest absolute Gasteiger partial charge is 0.324 e. The maximum atomic E-state index is 13.6. The molecule has 3 nitrogen and oxygen atoms in total. The zero-order valence-electron chi connectivity index (χ0n) is 11.7. The highest BCUT2D eigenvalue weighted by molar-refractivity contribution is 5.20. The van der Waals surface area contributed by atoms with Crippen LogP contribution < -0.4 is 5.73 Å². The average molecular weight is 273 g/mol. The highest BCUT2D eigenvalue weighted by atomic mass is 19.1. The molecule has 0 aliphatic heterocycles. The van der Waals surface area contributed by atoms with Crippen LogP contribution >= 0.6 is 0 Å². The van der Waals surface area contributed by atoms with Crippen LogP contribution in [0.15, 0.2) is 48.7 Å². The van der Waals surface area contributed by atoms with E-state index in [2.05, 4.69) is 9.88 Å². The smallest absolute Gasteiger partial charge is 0.127 e. The van der Waals surface area contributed by atoms with Crippen LogP contribution in [0.1, 0.15) is 23.7 Å². The molecule has 1 aromatic carbocycles. The summed E-state index contributed by atoms with van der Waals surface area (Å²) in [4.78, 5) is 6.43. The topological polar surface area (TPSA) is 42.1 Å². The predicted octanol–water partition coefficient (Wildman–Crippen LogP) is 2.74. The first-order chi connectivity index (χ1) is 9.66. The van der Waals surface area contributed by atoms with Crippen LogP contribution in [-0.2, 0) is 6.54 Å². The Morgan fingerprint density at radius 3 is 2.65 bits per heavy atom. The fourth-order valence-corrected chi connectivity index (χ4v) is 2.14. The first kappa shape index (κ1) is 14.6. The molecule has 0 aliphatic rings. The first-order valence-corrected chi connectivity index (χ1v) is 6.75. The average Bonchev–Trinajstić information content (AvgIpc) is 2.46. The zero-order valence-corrected chi connectivity index (χ0v) is 11.7. The van der Waals surface area contributed by atoms with Crippen molar-refractivity contribution in [1.82, 2.24) is 9.88 Å². The number of nitrogens with two attached hydrogens (primary N) is 1. The van der Waals surface area contributed by atoms with Gasteiger partial charge in [0.1, 0.15) is 5.82 Å². The molecule has 4 heteroatoms. The molecule has 0 fully saturated rings. The minimum Gasteiger partial charge on any atom is -0.324 e. The second-order valence-corrected chi connectivity index (χ2v) is 4.98. The molecule has 1 unspecified atom stereocenters. The first-order valence-electron chi connectivity index (χ1n) is 6.75. The van der Waals surface area contributed by atoms with Crippen molar-refractivity contribution in [3.8, 4) is 0 Å². The van der Waals surface area contributed by atoms with Crippen molar-refractivity contribution in [3.63, 3.8) is 0 Å². The van der Waals surface area contributed by atoms with Crippen molar-refractivity contribution in [2.24, 2.45) is 5.73 Å². The molecule has 20 heavy (non-hydrogen) atoms. The lowest BCUT2D eigenvalue weighted by atomic mass is 10.0. The summed E-state index contributed by atoms with van der Waals surface area (Å²) in [6.45, 7) is 1.57. The molecule has 1 atom stereocenters. The van der Waals surface area contributed by atoms with E-state index in [1.165, 1.54) is 6.07 Å². The molecular weight excluding hydrogens is 253 g/mol. The lowest BCUT2D eigenvalue weighted by Gasteiger charge is -2.19. The molecule has 0 aliphatic carbocycles. The van der Waals surface area contributed by atoms with E-state index in [0.717, 1.165) is 18.8 Å². The summed E-state index contributed by atoms with van der Waals surface area (Å²) >= 11 is 0.